The molecule has 0 bridgehead atoms. The number of rotatable bonds is 4. The van der Waals surface area contributed by atoms with Gasteiger partial charge in [0.15, 0.2) is 0 Å². The van der Waals surface area contributed by atoms with Crippen molar-refractivity contribution in [1.29, 1.82) is 0 Å². The second-order valence-electron chi connectivity index (χ2n) is 6.60. The van der Waals surface area contributed by atoms with Crippen LogP contribution in [0.1, 0.15) is 23.5 Å². The second-order valence-corrected chi connectivity index (χ2v) is 8.58. The fourth-order valence-electron chi connectivity index (χ4n) is 3.40. The number of amides is 1. The van der Waals surface area contributed by atoms with E-state index in [9.17, 15) is 13.2 Å². The molecule has 1 amide bonds. The smallest absolute Gasteiger partial charge is 0.234 e. The highest BCUT2D eigenvalue weighted by molar-refractivity contribution is 7.88. The van der Waals surface area contributed by atoms with Crippen LogP contribution in [0.15, 0.2) is 60.7 Å². The zero-order valence-electron chi connectivity index (χ0n) is 14.9. The van der Waals surface area contributed by atoms with Crippen molar-refractivity contribution in [3.63, 3.8) is 0 Å². The second kappa shape index (κ2) is 8.01. The Bertz CT molecular complexity index is 798. The summed E-state index contributed by atoms with van der Waals surface area (Å²) in [5.74, 6) is -0.347. The highest BCUT2D eigenvalue weighted by atomic mass is 32.2. The summed E-state index contributed by atoms with van der Waals surface area (Å²) in [6.07, 6.45) is 1.87. The summed E-state index contributed by atoms with van der Waals surface area (Å²) in [7, 11) is -3.23. The molecule has 0 aliphatic carbocycles. The molecule has 0 atom stereocenters. The summed E-state index contributed by atoms with van der Waals surface area (Å²) in [5.41, 5.74) is 1.90. The van der Waals surface area contributed by atoms with Crippen LogP contribution in [0.3, 0.4) is 0 Å². The molecule has 5 nitrogen and oxygen atoms in total. The van der Waals surface area contributed by atoms with Crippen molar-refractivity contribution < 1.29 is 13.2 Å². The number of carbonyl (C=O) groups is 1. The van der Waals surface area contributed by atoms with Crippen molar-refractivity contribution in [1.82, 2.24) is 9.21 Å². The van der Waals surface area contributed by atoms with Gasteiger partial charge in [0.2, 0.25) is 15.9 Å². The Balaban J connectivity index is 1.87. The third-order valence-corrected chi connectivity index (χ3v) is 6.05. The average Bonchev–Trinajstić information content (AvgIpc) is 2.90. The van der Waals surface area contributed by atoms with Gasteiger partial charge in [-0.1, -0.05) is 60.7 Å². The molecule has 1 aliphatic rings. The van der Waals surface area contributed by atoms with Gasteiger partial charge in [0.1, 0.15) is 0 Å². The number of carbonyl (C=O) groups excluding carboxylic acids is 1. The van der Waals surface area contributed by atoms with Gasteiger partial charge in [-0.15, -0.1) is 0 Å². The average molecular weight is 372 g/mol. The van der Waals surface area contributed by atoms with Gasteiger partial charge < -0.3 is 4.90 Å². The predicted molar refractivity (Wildman–Crippen MR) is 102 cm³/mol. The topological polar surface area (TPSA) is 57.7 Å². The minimum absolute atomic E-state index is 0.0257. The van der Waals surface area contributed by atoms with Crippen LogP contribution in [0, 0.1) is 0 Å². The van der Waals surface area contributed by atoms with Crippen LogP contribution in [0.4, 0.5) is 0 Å². The minimum Gasteiger partial charge on any atom is -0.341 e. The summed E-state index contributed by atoms with van der Waals surface area (Å²) in [4.78, 5) is 15.2. The van der Waals surface area contributed by atoms with Gasteiger partial charge in [0.25, 0.3) is 0 Å². The van der Waals surface area contributed by atoms with Crippen LogP contribution in [0.25, 0.3) is 0 Å². The molecular weight excluding hydrogens is 348 g/mol. The zero-order valence-corrected chi connectivity index (χ0v) is 15.7. The molecule has 0 unspecified atom stereocenters. The molecule has 3 rings (SSSR count). The summed E-state index contributed by atoms with van der Waals surface area (Å²) in [6.45, 7) is 1.80. The summed E-state index contributed by atoms with van der Waals surface area (Å²) < 4.78 is 25.1. The largest absolute Gasteiger partial charge is 0.341 e. The molecule has 0 aromatic heterocycles. The first-order valence-corrected chi connectivity index (χ1v) is 10.7. The third kappa shape index (κ3) is 4.31. The fraction of sp³-hybridized carbons (Fsp3) is 0.350. The van der Waals surface area contributed by atoms with Gasteiger partial charge in [-0.25, -0.2) is 12.7 Å². The lowest BCUT2D eigenvalue weighted by atomic mass is 9.90. The molecule has 0 N–H and O–H groups in total. The number of sulfonamides is 1. The maximum absolute atomic E-state index is 13.4. The summed E-state index contributed by atoms with van der Waals surface area (Å²) in [5, 5.41) is 0. The highest BCUT2D eigenvalue weighted by Crippen LogP contribution is 2.27. The quantitative estimate of drug-likeness (QED) is 0.828. The molecule has 138 valence electrons. The Morgan fingerprint density at radius 1 is 0.846 bits per heavy atom. The SMILES string of the molecule is CS(=O)(=O)N1CCCN(C(=O)C(c2ccccc2)c2ccccc2)CC1. The Morgan fingerprint density at radius 2 is 1.38 bits per heavy atom. The highest BCUT2D eigenvalue weighted by Gasteiger charge is 2.30. The Labute approximate surface area is 155 Å². The molecular formula is C20H24N2O3S. The first-order valence-electron chi connectivity index (χ1n) is 8.80. The molecule has 1 heterocycles. The molecule has 2 aromatic rings. The van der Waals surface area contributed by atoms with Crippen LogP contribution in [-0.4, -0.2) is 56.0 Å². The Morgan fingerprint density at radius 3 is 1.88 bits per heavy atom. The number of hydrogen-bond acceptors (Lipinski definition) is 3. The van der Waals surface area contributed by atoms with Gasteiger partial charge >= 0.3 is 0 Å². The molecule has 1 fully saturated rings. The van der Waals surface area contributed by atoms with Gasteiger partial charge in [-0.2, -0.15) is 0 Å². The van der Waals surface area contributed by atoms with Crippen LogP contribution < -0.4 is 0 Å². The van der Waals surface area contributed by atoms with E-state index >= 15 is 0 Å². The zero-order chi connectivity index (χ0) is 18.6. The minimum atomic E-state index is -3.23. The van der Waals surface area contributed by atoms with Gasteiger partial charge in [0.05, 0.1) is 12.2 Å². The van der Waals surface area contributed by atoms with E-state index in [2.05, 4.69) is 0 Å². The molecule has 0 spiro atoms. The van der Waals surface area contributed by atoms with Crippen molar-refractivity contribution >= 4 is 15.9 Å². The lowest BCUT2D eigenvalue weighted by Crippen LogP contribution is -2.39. The lowest BCUT2D eigenvalue weighted by molar-refractivity contribution is -0.131. The first kappa shape index (κ1) is 18.6. The van der Waals surface area contributed by atoms with Gasteiger partial charge in [0, 0.05) is 26.2 Å². The molecule has 1 aliphatic heterocycles. The van der Waals surface area contributed by atoms with Crippen LogP contribution >= 0.6 is 0 Å². The molecule has 1 saturated heterocycles. The van der Waals surface area contributed by atoms with E-state index in [1.54, 1.807) is 4.90 Å². The molecule has 0 radical (unpaired) electrons. The fourth-order valence-corrected chi connectivity index (χ4v) is 4.27. The molecule has 26 heavy (non-hydrogen) atoms. The van der Waals surface area contributed by atoms with E-state index in [0.29, 0.717) is 32.6 Å². The third-order valence-electron chi connectivity index (χ3n) is 4.75. The van der Waals surface area contributed by atoms with Gasteiger partial charge in [-0.05, 0) is 17.5 Å². The Hall–Kier alpha value is -2.18. The van der Waals surface area contributed by atoms with E-state index in [0.717, 1.165) is 11.1 Å². The predicted octanol–water partition coefficient (Wildman–Crippen LogP) is 2.31. The van der Waals surface area contributed by atoms with Crippen LogP contribution in [0.5, 0.6) is 0 Å². The van der Waals surface area contributed by atoms with Crippen molar-refractivity contribution in [2.45, 2.75) is 12.3 Å². The lowest BCUT2D eigenvalue weighted by Gasteiger charge is -2.27. The van der Waals surface area contributed by atoms with E-state index in [1.165, 1.54) is 10.6 Å². The first-order chi connectivity index (χ1) is 12.5. The normalized spacial score (nSPS) is 16.5. The summed E-state index contributed by atoms with van der Waals surface area (Å²) >= 11 is 0. The van der Waals surface area contributed by atoms with Crippen molar-refractivity contribution in [2.24, 2.45) is 0 Å². The summed E-state index contributed by atoms with van der Waals surface area (Å²) in [6, 6.07) is 19.5. The monoisotopic (exact) mass is 372 g/mol. The van der Waals surface area contributed by atoms with Crippen LogP contribution in [-0.2, 0) is 14.8 Å². The number of nitrogens with zero attached hydrogens (tertiary/aromatic N) is 2. The molecule has 2 aromatic carbocycles. The maximum atomic E-state index is 13.4. The standard InChI is InChI=1S/C20H24N2O3S/c1-26(24,25)22-14-8-13-21(15-16-22)20(23)19(17-9-4-2-5-10-17)18-11-6-3-7-12-18/h2-7,9-12,19H,8,13-16H2,1H3. The number of benzene rings is 2. The molecule has 0 saturated carbocycles. The maximum Gasteiger partial charge on any atom is 0.234 e. The van der Waals surface area contributed by atoms with E-state index in [4.69, 9.17) is 0 Å². The Kier molecular flexibility index (Phi) is 5.74. The van der Waals surface area contributed by atoms with Crippen molar-refractivity contribution in [2.75, 3.05) is 32.4 Å². The van der Waals surface area contributed by atoms with Crippen molar-refractivity contribution in [3.05, 3.63) is 71.8 Å². The van der Waals surface area contributed by atoms with E-state index in [-0.39, 0.29) is 11.8 Å². The van der Waals surface area contributed by atoms with Gasteiger partial charge in [-0.3, -0.25) is 4.79 Å². The van der Waals surface area contributed by atoms with E-state index in [1.807, 2.05) is 60.7 Å². The van der Waals surface area contributed by atoms with E-state index < -0.39 is 10.0 Å². The van der Waals surface area contributed by atoms with Crippen molar-refractivity contribution in [3.8, 4) is 0 Å². The van der Waals surface area contributed by atoms with Crippen LogP contribution in [0.2, 0.25) is 0 Å². The number of hydrogen-bond donors (Lipinski definition) is 0. The molecule has 6 heteroatoms.